The first-order valence-corrected chi connectivity index (χ1v) is 6.32. The van der Waals surface area contributed by atoms with E-state index in [9.17, 15) is 0 Å². The van der Waals surface area contributed by atoms with Gasteiger partial charge in [0, 0.05) is 4.90 Å². The molecule has 0 atom stereocenters. The summed E-state index contributed by atoms with van der Waals surface area (Å²) in [4.78, 5) is 9.07. The van der Waals surface area contributed by atoms with Crippen molar-refractivity contribution in [3.63, 3.8) is 0 Å². The van der Waals surface area contributed by atoms with E-state index in [-0.39, 0.29) is 0 Å². The number of benzene rings is 2. The highest BCUT2D eigenvalue weighted by Gasteiger charge is 2.03. The number of hydrogen-bond donors (Lipinski definition) is 1. The van der Waals surface area contributed by atoms with E-state index < -0.39 is 0 Å². The van der Waals surface area contributed by atoms with Gasteiger partial charge in [0.1, 0.15) is 0 Å². The van der Waals surface area contributed by atoms with Crippen molar-refractivity contribution in [3.8, 4) is 0 Å². The van der Waals surface area contributed by atoms with Gasteiger partial charge in [-0.1, -0.05) is 41.6 Å². The van der Waals surface area contributed by atoms with Crippen LogP contribution in [0.5, 0.6) is 0 Å². The van der Waals surface area contributed by atoms with E-state index in [0.717, 1.165) is 16.2 Å². The molecule has 84 valence electrons. The summed E-state index contributed by atoms with van der Waals surface area (Å²) in [5.74, 6) is 0. The zero-order valence-corrected chi connectivity index (χ0v) is 10.3. The van der Waals surface area contributed by atoms with Gasteiger partial charge in [-0.05, 0) is 31.2 Å². The second-order valence-electron chi connectivity index (χ2n) is 3.98. The number of aromatic amines is 1. The van der Waals surface area contributed by atoms with Crippen molar-refractivity contribution in [1.82, 2.24) is 9.97 Å². The third-order valence-corrected chi connectivity index (χ3v) is 3.45. The van der Waals surface area contributed by atoms with Crippen LogP contribution in [0.15, 0.2) is 58.6 Å². The normalized spacial score (nSPS) is 10.9. The third kappa shape index (κ3) is 2.19. The van der Waals surface area contributed by atoms with Crippen LogP contribution in [0.25, 0.3) is 11.0 Å². The average Bonchev–Trinajstić information content (AvgIpc) is 2.71. The first-order valence-electron chi connectivity index (χ1n) is 5.50. The fourth-order valence-corrected chi connectivity index (χ4v) is 2.69. The highest BCUT2D eigenvalue weighted by atomic mass is 32.2. The zero-order valence-electron chi connectivity index (χ0n) is 9.47. The van der Waals surface area contributed by atoms with Crippen LogP contribution in [0, 0.1) is 6.92 Å². The number of fused-ring (bicyclic) bond motifs is 1. The summed E-state index contributed by atoms with van der Waals surface area (Å²) in [7, 11) is 0. The molecule has 3 rings (SSSR count). The molecule has 3 aromatic rings. The Labute approximate surface area is 104 Å². The lowest BCUT2D eigenvalue weighted by Crippen LogP contribution is -1.77. The second kappa shape index (κ2) is 4.26. The lowest BCUT2D eigenvalue weighted by atomic mass is 10.2. The van der Waals surface area contributed by atoms with E-state index in [1.807, 2.05) is 24.3 Å². The van der Waals surface area contributed by atoms with Crippen molar-refractivity contribution in [1.29, 1.82) is 0 Å². The SMILES string of the molecule is Cc1cccc(Sc2nc3ccccc3[nH]2)c1. The van der Waals surface area contributed by atoms with Gasteiger partial charge in [-0.15, -0.1) is 0 Å². The number of rotatable bonds is 2. The summed E-state index contributed by atoms with van der Waals surface area (Å²) in [6.07, 6.45) is 0. The van der Waals surface area contributed by atoms with Gasteiger partial charge < -0.3 is 4.98 Å². The molecule has 0 aliphatic carbocycles. The third-order valence-electron chi connectivity index (χ3n) is 2.57. The van der Waals surface area contributed by atoms with Crippen LogP contribution < -0.4 is 0 Å². The number of imidazole rings is 1. The molecule has 0 saturated heterocycles. The second-order valence-corrected chi connectivity index (χ2v) is 5.04. The van der Waals surface area contributed by atoms with Crippen LogP contribution in [-0.4, -0.2) is 9.97 Å². The van der Waals surface area contributed by atoms with Crippen molar-refractivity contribution in [3.05, 3.63) is 54.1 Å². The maximum Gasteiger partial charge on any atom is 0.171 e. The molecular weight excluding hydrogens is 228 g/mol. The Kier molecular flexibility index (Phi) is 2.61. The minimum atomic E-state index is 0.941. The zero-order chi connectivity index (χ0) is 11.7. The van der Waals surface area contributed by atoms with Crippen LogP contribution >= 0.6 is 11.8 Å². The van der Waals surface area contributed by atoms with Crippen molar-refractivity contribution in [2.45, 2.75) is 17.0 Å². The van der Waals surface area contributed by atoms with E-state index in [1.165, 1.54) is 10.5 Å². The van der Waals surface area contributed by atoms with Gasteiger partial charge in [0.2, 0.25) is 0 Å². The van der Waals surface area contributed by atoms with Crippen molar-refractivity contribution in [2.75, 3.05) is 0 Å². The molecule has 3 heteroatoms. The number of H-pyrrole nitrogens is 1. The van der Waals surface area contributed by atoms with E-state index in [0.29, 0.717) is 0 Å². The van der Waals surface area contributed by atoms with Crippen LogP contribution in [0.3, 0.4) is 0 Å². The van der Waals surface area contributed by atoms with E-state index in [1.54, 1.807) is 11.8 Å². The molecular formula is C14H12N2S. The fourth-order valence-electron chi connectivity index (χ4n) is 1.77. The average molecular weight is 240 g/mol. The molecule has 0 unspecified atom stereocenters. The Bertz CT molecular complexity index is 625. The lowest BCUT2D eigenvalue weighted by Gasteiger charge is -1.98. The Balaban J connectivity index is 1.94. The summed E-state index contributed by atoms with van der Waals surface area (Å²) in [5.41, 5.74) is 3.37. The molecule has 1 aromatic heterocycles. The van der Waals surface area contributed by atoms with Gasteiger partial charge >= 0.3 is 0 Å². The molecule has 17 heavy (non-hydrogen) atoms. The van der Waals surface area contributed by atoms with Crippen molar-refractivity contribution >= 4 is 22.8 Å². The first-order chi connectivity index (χ1) is 8.31. The van der Waals surface area contributed by atoms with Crippen LogP contribution in [0.2, 0.25) is 0 Å². The van der Waals surface area contributed by atoms with E-state index in [4.69, 9.17) is 0 Å². The molecule has 2 aromatic carbocycles. The van der Waals surface area contributed by atoms with E-state index in [2.05, 4.69) is 41.2 Å². The van der Waals surface area contributed by atoms with Gasteiger partial charge in [-0.3, -0.25) is 0 Å². The maximum atomic E-state index is 4.55. The number of nitrogens with zero attached hydrogens (tertiary/aromatic N) is 1. The molecule has 0 spiro atoms. The van der Waals surface area contributed by atoms with Gasteiger partial charge in [-0.25, -0.2) is 4.98 Å². The number of aromatic nitrogens is 2. The molecule has 0 bridgehead atoms. The Morgan fingerprint density at radius 1 is 1.06 bits per heavy atom. The number of aryl methyl sites for hydroxylation is 1. The predicted octanol–water partition coefficient (Wildman–Crippen LogP) is 4.02. The fraction of sp³-hybridized carbons (Fsp3) is 0.0714. The number of nitrogens with one attached hydrogen (secondary N) is 1. The smallest absolute Gasteiger partial charge is 0.171 e. The molecule has 0 saturated carbocycles. The lowest BCUT2D eigenvalue weighted by molar-refractivity contribution is 1.08. The summed E-state index contributed by atoms with van der Waals surface area (Å²) >= 11 is 1.66. The summed E-state index contributed by atoms with van der Waals surface area (Å²) in [6.45, 7) is 2.10. The van der Waals surface area contributed by atoms with Gasteiger partial charge in [0.05, 0.1) is 11.0 Å². The standard InChI is InChI=1S/C14H12N2S/c1-10-5-4-6-11(9-10)17-14-15-12-7-2-3-8-13(12)16-14/h2-9H,1H3,(H,15,16). The van der Waals surface area contributed by atoms with Crippen molar-refractivity contribution in [2.24, 2.45) is 0 Å². The molecule has 0 aliphatic heterocycles. The summed E-state index contributed by atoms with van der Waals surface area (Å²) in [5, 5.41) is 0.941. The maximum absolute atomic E-state index is 4.55. The highest BCUT2D eigenvalue weighted by Crippen LogP contribution is 2.27. The van der Waals surface area contributed by atoms with Gasteiger partial charge in [0.25, 0.3) is 0 Å². The topological polar surface area (TPSA) is 28.7 Å². The van der Waals surface area contributed by atoms with Crippen molar-refractivity contribution < 1.29 is 0 Å². The summed E-state index contributed by atoms with van der Waals surface area (Å²) in [6, 6.07) is 16.5. The molecule has 0 amide bonds. The molecule has 2 nitrogen and oxygen atoms in total. The Morgan fingerprint density at radius 2 is 1.94 bits per heavy atom. The van der Waals surface area contributed by atoms with Crippen LogP contribution in [0.1, 0.15) is 5.56 Å². The minimum Gasteiger partial charge on any atom is -0.333 e. The van der Waals surface area contributed by atoms with Gasteiger partial charge in [0.15, 0.2) is 5.16 Å². The molecule has 1 N–H and O–H groups in total. The Hall–Kier alpha value is -1.74. The molecule has 0 radical (unpaired) electrons. The Morgan fingerprint density at radius 3 is 2.76 bits per heavy atom. The minimum absolute atomic E-state index is 0.941. The predicted molar refractivity (Wildman–Crippen MR) is 71.4 cm³/mol. The van der Waals surface area contributed by atoms with Gasteiger partial charge in [-0.2, -0.15) is 0 Å². The largest absolute Gasteiger partial charge is 0.333 e. The van der Waals surface area contributed by atoms with Crippen LogP contribution in [-0.2, 0) is 0 Å². The van der Waals surface area contributed by atoms with E-state index >= 15 is 0 Å². The first kappa shape index (κ1) is 10.4. The highest BCUT2D eigenvalue weighted by molar-refractivity contribution is 7.99. The monoisotopic (exact) mass is 240 g/mol. The molecule has 1 heterocycles. The quantitative estimate of drug-likeness (QED) is 0.732. The molecule has 0 aliphatic rings. The van der Waals surface area contributed by atoms with Crippen LogP contribution in [0.4, 0.5) is 0 Å². The number of para-hydroxylation sites is 2. The number of hydrogen-bond acceptors (Lipinski definition) is 2. The molecule has 0 fully saturated rings. The summed E-state index contributed by atoms with van der Waals surface area (Å²) < 4.78 is 0.